The molecule has 0 amide bonds. The average Bonchev–Trinajstić information content (AvgIpc) is 3.41. The molecule has 7 aromatic rings. The number of aromatic nitrogens is 2. The highest BCUT2D eigenvalue weighted by Gasteiger charge is 2.23. The van der Waals surface area contributed by atoms with Gasteiger partial charge in [-0.3, -0.25) is 0 Å². The van der Waals surface area contributed by atoms with Crippen LogP contribution in [0.1, 0.15) is 5.56 Å². The summed E-state index contributed by atoms with van der Waals surface area (Å²) in [5.74, 6) is -0.219. The Kier molecular flexibility index (Phi) is 4.15. The maximum absolute atomic E-state index is 15.0. The second-order valence-electron chi connectivity index (χ2n) is 9.07. The van der Waals surface area contributed by atoms with E-state index < -0.39 is 0 Å². The van der Waals surface area contributed by atoms with Crippen molar-refractivity contribution < 1.29 is 13.4 Å². The number of furan rings is 1. The van der Waals surface area contributed by atoms with Gasteiger partial charge in [0.2, 0.25) is 5.69 Å². The Morgan fingerprint density at radius 3 is 2.34 bits per heavy atom. The van der Waals surface area contributed by atoms with Crippen molar-refractivity contribution in [2.45, 2.75) is 6.92 Å². The van der Waals surface area contributed by atoms with Crippen molar-refractivity contribution >= 4 is 43.7 Å². The Balaban J connectivity index is 1.63. The summed E-state index contributed by atoms with van der Waals surface area (Å²) in [6.45, 7) is 2.12. The highest BCUT2D eigenvalue weighted by atomic mass is 19.1. The van der Waals surface area contributed by atoms with E-state index in [9.17, 15) is 0 Å². The summed E-state index contributed by atoms with van der Waals surface area (Å²) in [7, 11) is 2.05. The first kappa shape index (κ1) is 20.0. The fourth-order valence-corrected chi connectivity index (χ4v) is 5.46. The SMILES string of the molecule is Cc1ccc2c(oc3c(-n4c5ccccc5c5c(F)cccc54)cccc32)c1-c1cccc[n+]1C. The van der Waals surface area contributed by atoms with Crippen LogP contribution in [0, 0.1) is 12.7 Å². The van der Waals surface area contributed by atoms with E-state index in [1.807, 2.05) is 55.7 Å². The Labute approximate surface area is 201 Å². The molecule has 4 aromatic carbocycles. The number of para-hydroxylation sites is 2. The Hall–Kier alpha value is -4.44. The van der Waals surface area contributed by atoms with Crippen molar-refractivity contribution in [1.82, 2.24) is 4.57 Å². The smallest absolute Gasteiger partial charge is 0.216 e. The molecule has 0 radical (unpaired) electrons. The zero-order valence-electron chi connectivity index (χ0n) is 19.4. The summed E-state index contributed by atoms with van der Waals surface area (Å²) >= 11 is 0. The van der Waals surface area contributed by atoms with Gasteiger partial charge < -0.3 is 8.98 Å². The molecule has 3 aromatic heterocycles. The largest absolute Gasteiger partial charge is 0.453 e. The monoisotopic (exact) mass is 457 g/mol. The molecule has 0 N–H and O–H groups in total. The molecule has 35 heavy (non-hydrogen) atoms. The average molecular weight is 458 g/mol. The molecule has 168 valence electrons. The molecule has 0 bridgehead atoms. The zero-order valence-corrected chi connectivity index (χ0v) is 19.4. The van der Waals surface area contributed by atoms with Crippen molar-refractivity contribution in [2.75, 3.05) is 0 Å². The second kappa shape index (κ2) is 7.28. The molecule has 3 nitrogen and oxygen atoms in total. The number of hydrogen-bond acceptors (Lipinski definition) is 1. The lowest BCUT2D eigenvalue weighted by atomic mass is 10.0. The van der Waals surface area contributed by atoms with Gasteiger partial charge in [0.15, 0.2) is 11.8 Å². The van der Waals surface area contributed by atoms with Crippen LogP contribution in [0.4, 0.5) is 4.39 Å². The first-order chi connectivity index (χ1) is 17.1. The molecule has 4 heteroatoms. The van der Waals surface area contributed by atoms with Crippen LogP contribution in [0.5, 0.6) is 0 Å². The summed E-state index contributed by atoms with van der Waals surface area (Å²) in [6, 6.07) is 29.9. The van der Waals surface area contributed by atoms with Gasteiger partial charge in [-0.05, 0) is 42.8 Å². The van der Waals surface area contributed by atoms with Gasteiger partial charge in [-0.1, -0.05) is 48.5 Å². The fourth-order valence-electron chi connectivity index (χ4n) is 5.46. The maximum Gasteiger partial charge on any atom is 0.216 e. The lowest BCUT2D eigenvalue weighted by Gasteiger charge is -2.08. The van der Waals surface area contributed by atoms with Crippen molar-refractivity contribution in [1.29, 1.82) is 0 Å². The lowest BCUT2D eigenvalue weighted by Crippen LogP contribution is -2.30. The predicted molar refractivity (Wildman–Crippen MR) is 139 cm³/mol. The summed E-state index contributed by atoms with van der Waals surface area (Å²) in [5, 5.41) is 3.63. The number of pyridine rings is 1. The van der Waals surface area contributed by atoms with E-state index >= 15 is 4.39 Å². The van der Waals surface area contributed by atoms with Gasteiger partial charge in [-0.15, -0.1) is 0 Å². The standard InChI is InChI=1S/C31H22FN2O/c1-19-16-17-21-20-10-7-15-27(30(20)35-31(21)28(19)25-13-5-6-18-33(25)2)34-24-12-4-3-9-22(24)29-23(32)11-8-14-26(29)34/h3-18H,1-2H3/q+1. The van der Waals surface area contributed by atoms with E-state index in [4.69, 9.17) is 4.42 Å². The normalized spacial score (nSPS) is 11.9. The van der Waals surface area contributed by atoms with Crippen LogP contribution >= 0.6 is 0 Å². The van der Waals surface area contributed by atoms with Crippen LogP contribution in [0.15, 0.2) is 102 Å². The van der Waals surface area contributed by atoms with Crippen LogP contribution in [-0.2, 0) is 7.05 Å². The number of fused-ring (bicyclic) bond motifs is 6. The van der Waals surface area contributed by atoms with Gasteiger partial charge in [0.25, 0.3) is 0 Å². The molecule has 0 aliphatic heterocycles. The molecule has 0 unspecified atom stereocenters. The molecule has 0 atom stereocenters. The highest BCUT2D eigenvalue weighted by Crippen LogP contribution is 2.41. The minimum Gasteiger partial charge on any atom is -0.453 e. The quantitative estimate of drug-likeness (QED) is 0.245. The molecule has 0 fully saturated rings. The Bertz CT molecular complexity index is 1940. The van der Waals surface area contributed by atoms with Crippen LogP contribution in [-0.4, -0.2) is 4.57 Å². The van der Waals surface area contributed by atoms with Crippen molar-refractivity contribution in [2.24, 2.45) is 7.05 Å². The number of halogens is 1. The van der Waals surface area contributed by atoms with Crippen LogP contribution < -0.4 is 4.57 Å². The molecule has 0 spiro atoms. The number of nitrogens with zero attached hydrogens (tertiary/aromatic N) is 2. The first-order valence-electron chi connectivity index (χ1n) is 11.7. The third kappa shape index (κ3) is 2.74. The van der Waals surface area contributed by atoms with Crippen molar-refractivity contribution in [3.05, 3.63) is 109 Å². The summed E-state index contributed by atoms with van der Waals surface area (Å²) in [5.41, 5.74) is 7.66. The zero-order chi connectivity index (χ0) is 23.7. The molecular formula is C31H22FN2O+. The van der Waals surface area contributed by atoms with Crippen LogP contribution in [0.2, 0.25) is 0 Å². The van der Waals surface area contributed by atoms with Gasteiger partial charge in [0.05, 0.1) is 22.3 Å². The first-order valence-corrected chi connectivity index (χ1v) is 11.7. The van der Waals surface area contributed by atoms with Gasteiger partial charge in [-0.25, -0.2) is 8.96 Å². The number of aryl methyl sites for hydroxylation is 2. The van der Waals surface area contributed by atoms with Gasteiger partial charge in [0, 0.05) is 33.7 Å². The van der Waals surface area contributed by atoms with Crippen molar-refractivity contribution in [3.8, 4) is 16.9 Å². The molecule has 0 aliphatic rings. The topological polar surface area (TPSA) is 21.9 Å². The molecule has 7 rings (SSSR count). The lowest BCUT2D eigenvalue weighted by molar-refractivity contribution is -0.660. The molecule has 0 saturated carbocycles. The molecular weight excluding hydrogens is 435 g/mol. The maximum atomic E-state index is 15.0. The van der Waals surface area contributed by atoms with E-state index in [1.54, 1.807) is 6.07 Å². The van der Waals surface area contributed by atoms with E-state index in [2.05, 4.69) is 52.5 Å². The van der Waals surface area contributed by atoms with E-state index in [0.29, 0.717) is 5.39 Å². The minimum absolute atomic E-state index is 0.219. The van der Waals surface area contributed by atoms with E-state index in [1.165, 1.54) is 6.07 Å². The van der Waals surface area contributed by atoms with Gasteiger partial charge in [0.1, 0.15) is 18.4 Å². The number of benzene rings is 4. The highest BCUT2D eigenvalue weighted by molar-refractivity contribution is 6.14. The van der Waals surface area contributed by atoms with Crippen LogP contribution in [0.3, 0.4) is 0 Å². The van der Waals surface area contributed by atoms with E-state index in [0.717, 1.165) is 60.9 Å². The Morgan fingerprint density at radius 2 is 1.46 bits per heavy atom. The summed E-state index contributed by atoms with van der Waals surface area (Å²) in [4.78, 5) is 0. The minimum atomic E-state index is -0.219. The molecule has 0 saturated heterocycles. The van der Waals surface area contributed by atoms with Gasteiger partial charge in [-0.2, -0.15) is 0 Å². The van der Waals surface area contributed by atoms with Gasteiger partial charge >= 0.3 is 0 Å². The molecule has 3 heterocycles. The van der Waals surface area contributed by atoms with Crippen LogP contribution in [0.25, 0.3) is 60.7 Å². The number of hydrogen-bond donors (Lipinski definition) is 0. The van der Waals surface area contributed by atoms with Crippen molar-refractivity contribution in [3.63, 3.8) is 0 Å². The number of rotatable bonds is 2. The Morgan fingerprint density at radius 1 is 0.714 bits per heavy atom. The second-order valence-corrected chi connectivity index (χ2v) is 9.07. The fraction of sp³-hybridized carbons (Fsp3) is 0.0645. The summed E-state index contributed by atoms with van der Waals surface area (Å²) < 4.78 is 26.0. The predicted octanol–water partition coefficient (Wildman–Crippen LogP) is 7.62. The third-order valence-electron chi connectivity index (χ3n) is 7.05. The summed E-state index contributed by atoms with van der Waals surface area (Å²) in [6.07, 6.45) is 2.05. The van der Waals surface area contributed by atoms with E-state index in [-0.39, 0.29) is 5.82 Å². The third-order valence-corrected chi connectivity index (χ3v) is 7.05. The molecule has 0 aliphatic carbocycles.